The summed E-state index contributed by atoms with van der Waals surface area (Å²) in [6.07, 6.45) is 3.46. The van der Waals surface area contributed by atoms with Crippen LogP contribution in [-0.2, 0) is 9.59 Å². The Labute approximate surface area is 184 Å². The molecule has 0 saturated carbocycles. The molecule has 2 N–H and O–H groups in total. The maximum atomic E-state index is 12.3. The van der Waals surface area contributed by atoms with Crippen LogP contribution < -0.4 is 10.9 Å². The van der Waals surface area contributed by atoms with Crippen molar-refractivity contribution < 1.29 is 9.59 Å². The van der Waals surface area contributed by atoms with Crippen LogP contribution in [0.4, 0.5) is 0 Å². The summed E-state index contributed by atoms with van der Waals surface area (Å²) in [7, 11) is 0. The summed E-state index contributed by atoms with van der Waals surface area (Å²) in [5.41, 5.74) is 9.10. The topological polar surface area (TPSA) is 82.9 Å². The molecule has 6 heteroatoms. The molecule has 2 aromatic rings. The van der Waals surface area contributed by atoms with E-state index in [9.17, 15) is 9.59 Å². The lowest BCUT2D eigenvalue weighted by molar-refractivity contribution is -0.135. The highest BCUT2D eigenvalue weighted by Gasteiger charge is 2.24. The third-order valence-electron chi connectivity index (χ3n) is 5.02. The molecule has 2 amide bonds. The van der Waals surface area contributed by atoms with Crippen LogP contribution in [0.3, 0.4) is 0 Å². The molecular formula is C25H32N4O2. The van der Waals surface area contributed by atoms with E-state index in [1.165, 1.54) is 11.1 Å². The van der Waals surface area contributed by atoms with Crippen LogP contribution >= 0.6 is 0 Å². The van der Waals surface area contributed by atoms with E-state index < -0.39 is 17.7 Å². The Kier molecular flexibility index (Phi) is 9.13. The molecule has 0 bridgehead atoms. The molecule has 0 aliphatic carbocycles. The zero-order valence-corrected chi connectivity index (χ0v) is 18.9. The van der Waals surface area contributed by atoms with Crippen LogP contribution in [0.5, 0.6) is 0 Å². The fourth-order valence-electron chi connectivity index (χ4n) is 2.92. The van der Waals surface area contributed by atoms with Gasteiger partial charge in [0.1, 0.15) is 5.92 Å². The van der Waals surface area contributed by atoms with Gasteiger partial charge in [-0.25, -0.2) is 10.9 Å². The van der Waals surface area contributed by atoms with Crippen molar-refractivity contribution in [1.82, 2.24) is 10.9 Å². The highest BCUT2D eigenvalue weighted by atomic mass is 16.2. The van der Waals surface area contributed by atoms with E-state index in [1.54, 1.807) is 19.4 Å². The second-order valence-electron chi connectivity index (χ2n) is 8.07. The van der Waals surface area contributed by atoms with Crippen LogP contribution in [-0.4, -0.2) is 24.2 Å². The maximum absolute atomic E-state index is 12.3. The van der Waals surface area contributed by atoms with Crippen LogP contribution in [0, 0.1) is 5.92 Å². The Hall–Kier alpha value is -3.28. The van der Waals surface area contributed by atoms with Gasteiger partial charge in [0.15, 0.2) is 0 Å². The third kappa shape index (κ3) is 7.48. The molecule has 31 heavy (non-hydrogen) atoms. The van der Waals surface area contributed by atoms with Crippen molar-refractivity contribution in [2.45, 2.75) is 52.9 Å². The minimum atomic E-state index is -0.874. The first-order valence-electron chi connectivity index (χ1n) is 10.7. The van der Waals surface area contributed by atoms with Gasteiger partial charge in [0, 0.05) is 0 Å². The quantitative estimate of drug-likeness (QED) is 0.354. The fraction of sp³-hybridized carbons (Fsp3) is 0.360. The Bertz CT molecular complexity index is 838. The molecule has 0 spiro atoms. The van der Waals surface area contributed by atoms with Crippen LogP contribution in [0.25, 0.3) is 0 Å². The number of hydrogen-bond donors (Lipinski definition) is 2. The van der Waals surface area contributed by atoms with Crippen molar-refractivity contribution in [2.24, 2.45) is 16.1 Å². The fourth-order valence-corrected chi connectivity index (χ4v) is 2.92. The summed E-state index contributed by atoms with van der Waals surface area (Å²) in [5.74, 6) is -0.896. The molecule has 0 atom stereocenters. The molecule has 2 rings (SSSR count). The van der Waals surface area contributed by atoms with E-state index in [0.717, 1.165) is 11.1 Å². The zero-order valence-electron chi connectivity index (χ0n) is 18.9. The smallest absolute Gasteiger partial charge is 0.252 e. The van der Waals surface area contributed by atoms with Gasteiger partial charge in [-0.1, -0.05) is 83.1 Å². The van der Waals surface area contributed by atoms with Gasteiger partial charge in [0.2, 0.25) is 0 Å². The van der Waals surface area contributed by atoms with E-state index in [0.29, 0.717) is 18.3 Å². The minimum absolute atomic E-state index is 0.342. The van der Waals surface area contributed by atoms with Gasteiger partial charge in [-0.05, 0) is 40.5 Å². The monoisotopic (exact) mass is 420 g/mol. The largest absolute Gasteiger partial charge is 0.272 e. The number of carbonyl (C=O) groups excluding carboxylic acids is 2. The first-order chi connectivity index (χ1) is 14.8. The molecule has 164 valence electrons. The standard InChI is InChI=1S/C25H32N4O2/c1-6-23(24(30)28-26-15-19-7-11-21(12-8-19)17(2)3)25(31)29-27-16-20-9-13-22(14-10-20)18(4)5/h7-18,23H,6H2,1-5H3,(H,28,30)(H,29,31)/b26-15+,27-16+. The number of amides is 2. The van der Waals surface area contributed by atoms with E-state index in [1.807, 2.05) is 48.5 Å². The lowest BCUT2D eigenvalue weighted by Crippen LogP contribution is -2.37. The third-order valence-corrected chi connectivity index (χ3v) is 5.02. The highest BCUT2D eigenvalue weighted by molar-refractivity contribution is 6.00. The van der Waals surface area contributed by atoms with E-state index in [-0.39, 0.29) is 0 Å². The number of carbonyl (C=O) groups is 2. The molecular weight excluding hydrogens is 388 g/mol. The van der Waals surface area contributed by atoms with Crippen molar-refractivity contribution in [2.75, 3.05) is 0 Å². The maximum Gasteiger partial charge on any atom is 0.252 e. The Morgan fingerprint density at radius 1 is 0.742 bits per heavy atom. The summed E-state index contributed by atoms with van der Waals surface area (Å²) < 4.78 is 0. The first kappa shape index (κ1) is 24.0. The van der Waals surface area contributed by atoms with Crippen molar-refractivity contribution in [3.05, 3.63) is 70.8 Å². The molecule has 0 radical (unpaired) electrons. The number of benzene rings is 2. The summed E-state index contributed by atoms with van der Waals surface area (Å²) in [6, 6.07) is 15.9. The summed E-state index contributed by atoms with van der Waals surface area (Å²) in [4.78, 5) is 24.7. The zero-order chi connectivity index (χ0) is 22.8. The average molecular weight is 421 g/mol. The predicted octanol–water partition coefficient (Wildman–Crippen LogP) is 4.56. The van der Waals surface area contributed by atoms with E-state index in [2.05, 4.69) is 48.7 Å². The number of rotatable bonds is 9. The Morgan fingerprint density at radius 2 is 1.10 bits per heavy atom. The van der Waals surface area contributed by atoms with Gasteiger partial charge in [-0.15, -0.1) is 0 Å². The summed E-state index contributed by atoms with van der Waals surface area (Å²) >= 11 is 0. The molecule has 0 aliphatic heterocycles. The van der Waals surface area contributed by atoms with Gasteiger partial charge < -0.3 is 0 Å². The lowest BCUT2D eigenvalue weighted by Gasteiger charge is -2.11. The van der Waals surface area contributed by atoms with Crippen LogP contribution in [0.15, 0.2) is 58.7 Å². The molecule has 0 fully saturated rings. The highest BCUT2D eigenvalue weighted by Crippen LogP contribution is 2.14. The van der Waals surface area contributed by atoms with Gasteiger partial charge in [-0.3, -0.25) is 9.59 Å². The van der Waals surface area contributed by atoms with E-state index >= 15 is 0 Å². The number of nitrogens with zero attached hydrogens (tertiary/aromatic N) is 2. The minimum Gasteiger partial charge on any atom is -0.272 e. The molecule has 0 aromatic heterocycles. The Morgan fingerprint density at radius 3 is 1.39 bits per heavy atom. The van der Waals surface area contributed by atoms with Gasteiger partial charge in [0.25, 0.3) is 11.8 Å². The van der Waals surface area contributed by atoms with Crippen molar-refractivity contribution in [3.63, 3.8) is 0 Å². The molecule has 0 heterocycles. The van der Waals surface area contributed by atoms with Crippen molar-refractivity contribution >= 4 is 24.2 Å². The van der Waals surface area contributed by atoms with Gasteiger partial charge in [0.05, 0.1) is 12.4 Å². The second kappa shape index (κ2) is 11.8. The molecule has 0 aliphatic rings. The number of hydrazone groups is 2. The predicted molar refractivity (Wildman–Crippen MR) is 126 cm³/mol. The first-order valence-corrected chi connectivity index (χ1v) is 10.7. The average Bonchev–Trinajstić information content (AvgIpc) is 2.75. The number of hydrogen-bond acceptors (Lipinski definition) is 4. The van der Waals surface area contributed by atoms with E-state index in [4.69, 9.17) is 0 Å². The molecule has 0 unspecified atom stereocenters. The van der Waals surface area contributed by atoms with Gasteiger partial charge in [-0.2, -0.15) is 10.2 Å². The van der Waals surface area contributed by atoms with Crippen LogP contribution in [0.2, 0.25) is 0 Å². The lowest BCUT2D eigenvalue weighted by atomic mass is 10.0. The SMILES string of the molecule is CCC(C(=O)N/N=C/c1ccc(C(C)C)cc1)C(=O)N/N=C/c1ccc(C(C)C)cc1. The second-order valence-corrected chi connectivity index (χ2v) is 8.07. The van der Waals surface area contributed by atoms with Crippen LogP contribution in [0.1, 0.15) is 75.1 Å². The summed E-state index contributed by atoms with van der Waals surface area (Å²) in [6.45, 7) is 10.3. The molecule has 0 saturated heterocycles. The Balaban J connectivity index is 1.88. The van der Waals surface area contributed by atoms with Crippen molar-refractivity contribution in [1.29, 1.82) is 0 Å². The van der Waals surface area contributed by atoms with Gasteiger partial charge >= 0.3 is 0 Å². The molecule has 6 nitrogen and oxygen atoms in total. The summed E-state index contributed by atoms with van der Waals surface area (Å²) in [5, 5.41) is 7.95. The number of nitrogens with one attached hydrogen (secondary N) is 2. The van der Waals surface area contributed by atoms with Crippen molar-refractivity contribution in [3.8, 4) is 0 Å². The normalized spacial score (nSPS) is 11.7. The molecule has 2 aromatic carbocycles.